The summed E-state index contributed by atoms with van der Waals surface area (Å²) in [5, 5.41) is 0. The van der Waals surface area contributed by atoms with Gasteiger partial charge in [0.15, 0.2) is 0 Å². The van der Waals surface area contributed by atoms with E-state index in [4.69, 9.17) is 5.84 Å². The Morgan fingerprint density at radius 3 is 2.60 bits per heavy atom. The van der Waals surface area contributed by atoms with Gasteiger partial charge in [-0.25, -0.2) is 5.43 Å². The highest BCUT2D eigenvalue weighted by atomic mass is 35.5. The molecule has 0 aliphatic rings. The third-order valence-corrected chi connectivity index (χ3v) is 0.890. The maximum atomic E-state index is 10.6. The van der Waals surface area contributed by atoms with Gasteiger partial charge in [0.2, 0.25) is 0 Å². The van der Waals surface area contributed by atoms with Gasteiger partial charge in [-0.1, -0.05) is 0 Å². The first-order valence-corrected chi connectivity index (χ1v) is 2.85. The molecule has 0 aromatic rings. The Bertz CT molecular complexity index is 99.6. The lowest BCUT2D eigenvalue weighted by atomic mass is 10.4. The zero-order valence-electron chi connectivity index (χ0n) is 6.09. The van der Waals surface area contributed by atoms with E-state index >= 15 is 0 Å². The van der Waals surface area contributed by atoms with Gasteiger partial charge in [0.1, 0.15) is 6.04 Å². The van der Waals surface area contributed by atoms with Crippen molar-refractivity contribution in [3.8, 4) is 0 Å². The molecule has 0 bridgehead atoms. The van der Waals surface area contributed by atoms with Crippen molar-refractivity contribution in [1.29, 1.82) is 0 Å². The Morgan fingerprint density at radius 2 is 2.30 bits per heavy atom. The van der Waals surface area contributed by atoms with E-state index in [9.17, 15) is 4.79 Å². The van der Waals surface area contributed by atoms with Crippen LogP contribution in [0.3, 0.4) is 0 Å². The minimum absolute atomic E-state index is 0. The number of rotatable bonds is 3. The molecular formula is C5H13ClN2O2. The summed E-state index contributed by atoms with van der Waals surface area (Å²) in [5.41, 5.74) is 2.27. The quantitative estimate of drug-likeness (QED) is 0.349. The lowest BCUT2D eigenvalue weighted by Gasteiger charge is -2.07. The van der Waals surface area contributed by atoms with Gasteiger partial charge in [0.25, 0.3) is 0 Å². The fourth-order valence-corrected chi connectivity index (χ4v) is 0.335. The van der Waals surface area contributed by atoms with Gasteiger partial charge in [0, 0.05) is 0 Å². The normalized spacial score (nSPS) is 11.5. The topological polar surface area (TPSA) is 64.3 Å². The van der Waals surface area contributed by atoms with Crippen LogP contribution in [0.1, 0.15) is 13.8 Å². The van der Waals surface area contributed by atoms with Crippen molar-refractivity contribution in [3.63, 3.8) is 0 Å². The Balaban J connectivity index is 0. The first kappa shape index (κ1) is 12.4. The molecule has 3 N–H and O–H groups in total. The van der Waals surface area contributed by atoms with Gasteiger partial charge in [-0.3, -0.25) is 10.6 Å². The highest BCUT2D eigenvalue weighted by Gasteiger charge is 2.09. The number of nitrogens with one attached hydrogen (secondary N) is 1. The van der Waals surface area contributed by atoms with E-state index in [1.54, 1.807) is 13.8 Å². The van der Waals surface area contributed by atoms with Gasteiger partial charge in [0.05, 0.1) is 6.61 Å². The smallest absolute Gasteiger partial charge is 0.324 e. The van der Waals surface area contributed by atoms with Gasteiger partial charge >= 0.3 is 5.97 Å². The van der Waals surface area contributed by atoms with Crippen LogP contribution in [-0.2, 0) is 9.53 Å². The largest absolute Gasteiger partial charge is 0.465 e. The summed E-state index contributed by atoms with van der Waals surface area (Å²) in [6.45, 7) is 3.78. The average molecular weight is 169 g/mol. The predicted molar refractivity (Wildman–Crippen MR) is 40.7 cm³/mol. The molecule has 0 saturated heterocycles. The van der Waals surface area contributed by atoms with E-state index in [-0.39, 0.29) is 18.4 Å². The second-order valence-corrected chi connectivity index (χ2v) is 1.64. The molecule has 4 nitrogen and oxygen atoms in total. The van der Waals surface area contributed by atoms with Gasteiger partial charge in [-0.05, 0) is 13.8 Å². The molecule has 0 radical (unpaired) electrons. The van der Waals surface area contributed by atoms with Crippen molar-refractivity contribution in [2.24, 2.45) is 5.84 Å². The van der Waals surface area contributed by atoms with Crippen LogP contribution in [0.5, 0.6) is 0 Å². The van der Waals surface area contributed by atoms with Crippen LogP contribution in [0.25, 0.3) is 0 Å². The highest BCUT2D eigenvalue weighted by molar-refractivity contribution is 5.85. The zero-order valence-corrected chi connectivity index (χ0v) is 6.90. The van der Waals surface area contributed by atoms with Crippen LogP contribution in [0.15, 0.2) is 0 Å². The van der Waals surface area contributed by atoms with Crippen molar-refractivity contribution in [1.82, 2.24) is 5.43 Å². The van der Waals surface area contributed by atoms with Crippen molar-refractivity contribution in [2.45, 2.75) is 19.9 Å². The summed E-state index contributed by atoms with van der Waals surface area (Å²) in [4.78, 5) is 10.6. The molecule has 0 rings (SSSR count). The number of halogens is 1. The van der Waals surface area contributed by atoms with Gasteiger partial charge < -0.3 is 4.74 Å². The number of hydrogen-bond acceptors (Lipinski definition) is 4. The summed E-state index contributed by atoms with van der Waals surface area (Å²) >= 11 is 0. The molecule has 0 aliphatic carbocycles. The SMILES string of the molecule is CCOC(=O)[C@@H](C)NN.Cl. The molecule has 0 amide bonds. The summed E-state index contributed by atoms with van der Waals surface area (Å²) in [6.07, 6.45) is 0. The molecule has 0 heterocycles. The van der Waals surface area contributed by atoms with Gasteiger partial charge in [-0.2, -0.15) is 0 Å². The second kappa shape index (κ2) is 6.80. The lowest BCUT2D eigenvalue weighted by molar-refractivity contribution is -0.145. The van der Waals surface area contributed by atoms with E-state index in [2.05, 4.69) is 10.2 Å². The van der Waals surface area contributed by atoms with Crippen molar-refractivity contribution in [2.75, 3.05) is 6.61 Å². The molecule has 1 atom stereocenters. The average Bonchev–Trinajstić information content (AvgIpc) is 1.87. The van der Waals surface area contributed by atoms with Crippen LogP contribution < -0.4 is 11.3 Å². The Hall–Kier alpha value is -0.320. The summed E-state index contributed by atoms with van der Waals surface area (Å²) in [5.74, 6) is 4.63. The molecule has 0 fully saturated rings. The van der Waals surface area contributed by atoms with Crippen molar-refractivity contribution in [3.05, 3.63) is 0 Å². The molecule has 0 aromatic carbocycles. The van der Waals surface area contributed by atoms with Crippen LogP contribution in [0, 0.1) is 0 Å². The number of esters is 1. The van der Waals surface area contributed by atoms with E-state index in [1.807, 2.05) is 0 Å². The molecule has 0 saturated carbocycles. The summed E-state index contributed by atoms with van der Waals surface area (Å²) < 4.78 is 4.61. The number of nitrogens with two attached hydrogens (primary N) is 1. The summed E-state index contributed by atoms with van der Waals surface area (Å²) in [7, 11) is 0. The number of carbonyl (C=O) groups is 1. The van der Waals surface area contributed by atoms with Crippen LogP contribution in [-0.4, -0.2) is 18.6 Å². The fourth-order valence-electron chi connectivity index (χ4n) is 0.335. The summed E-state index contributed by atoms with van der Waals surface area (Å²) in [6, 6.07) is -0.412. The highest BCUT2D eigenvalue weighted by Crippen LogP contribution is 1.83. The lowest BCUT2D eigenvalue weighted by Crippen LogP contribution is -2.39. The van der Waals surface area contributed by atoms with Crippen molar-refractivity contribution >= 4 is 18.4 Å². The minimum atomic E-state index is -0.412. The van der Waals surface area contributed by atoms with E-state index in [0.29, 0.717) is 6.61 Å². The zero-order chi connectivity index (χ0) is 7.28. The first-order valence-electron chi connectivity index (χ1n) is 2.85. The first-order chi connectivity index (χ1) is 4.22. The molecular weight excluding hydrogens is 156 g/mol. The van der Waals surface area contributed by atoms with Crippen LogP contribution >= 0.6 is 12.4 Å². The molecule has 0 aliphatic heterocycles. The molecule has 0 spiro atoms. The number of hydrazine groups is 1. The Morgan fingerprint density at radius 1 is 1.80 bits per heavy atom. The number of carbonyl (C=O) groups excluding carboxylic acids is 1. The monoisotopic (exact) mass is 168 g/mol. The van der Waals surface area contributed by atoms with Crippen LogP contribution in [0.2, 0.25) is 0 Å². The van der Waals surface area contributed by atoms with Crippen LogP contribution in [0.4, 0.5) is 0 Å². The van der Waals surface area contributed by atoms with E-state index in [1.165, 1.54) is 0 Å². The molecule has 0 aromatic heterocycles. The molecule has 0 unspecified atom stereocenters. The standard InChI is InChI=1S/C5H12N2O2.ClH/c1-3-9-5(8)4(2)7-6;/h4,7H,3,6H2,1-2H3;1H/t4-;/m1./s1. The Labute approximate surface area is 66.5 Å². The maximum absolute atomic E-state index is 10.6. The number of ether oxygens (including phenoxy) is 1. The number of hydrogen-bond donors (Lipinski definition) is 2. The minimum Gasteiger partial charge on any atom is -0.465 e. The molecule has 5 heteroatoms. The van der Waals surface area contributed by atoms with Gasteiger partial charge in [-0.15, -0.1) is 12.4 Å². The van der Waals surface area contributed by atoms with E-state index < -0.39 is 6.04 Å². The second-order valence-electron chi connectivity index (χ2n) is 1.64. The molecule has 62 valence electrons. The third kappa shape index (κ3) is 4.55. The van der Waals surface area contributed by atoms with Crippen molar-refractivity contribution < 1.29 is 9.53 Å². The fraction of sp³-hybridized carbons (Fsp3) is 0.800. The predicted octanol–water partition coefficient (Wildman–Crippen LogP) is -0.177. The Kier molecular flexibility index (Phi) is 8.40. The molecule has 10 heavy (non-hydrogen) atoms. The maximum Gasteiger partial charge on any atom is 0.324 e. The van der Waals surface area contributed by atoms with E-state index in [0.717, 1.165) is 0 Å². The third-order valence-electron chi connectivity index (χ3n) is 0.890.